The minimum absolute atomic E-state index is 0.0652. The van der Waals surface area contributed by atoms with E-state index in [0.717, 1.165) is 18.9 Å². The number of nitro benzene ring substituents is 1. The van der Waals surface area contributed by atoms with Crippen LogP contribution in [0.2, 0.25) is 0 Å². The molecule has 1 aliphatic rings. The molecule has 0 radical (unpaired) electrons. The summed E-state index contributed by atoms with van der Waals surface area (Å²) >= 11 is 0. The third-order valence-electron chi connectivity index (χ3n) is 3.64. The maximum atomic E-state index is 13.8. The molecule has 0 bridgehead atoms. The predicted molar refractivity (Wildman–Crippen MR) is 64.2 cm³/mol. The van der Waals surface area contributed by atoms with Crippen molar-refractivity contribution in [3.05, 3.63) is 33.6 Å². The molecule has 1 fully saturated rings. The summed E-state index contributed by atoms with van der Waals surface area (Å²) in [6, 6.07) is 2.05. The van der Waals surface area contributed by atoms with Gasteiger partial charge in [0, 0.05) is 23.1 Å². The Kier molecular flexibility index (Phi) is 2.98. The molecule has 2 N–H and O–H groups in total. The summed E-state index contributed by atoms with van der Waals surface area (Å²) in [6.07, 6.45) is 1.59. The number of nitrogens with two attached hydrogens (primary N) is 1. The van der Waals surface area contributed by atoms with Crippen molar-refractivity contribution >= 4 is 5.69 Å². The summed E-state index contributed by atoms with van der Waals surface area (Å²) in [5, 5.41) is 10.8. The van der Waals surface area contributed by atoms with Crippen molar-refractivity contribution in [2.24, 2.45) is 5.73 Å². The van der Waals surface area contributed by atoms with E-state index in [-0.39, 0.29) is 17.5 Å². The molecule has 0 amide bonds. The summed E-state index contributed by atoms with van der Waals surface area (Å²) in [5.74, 6) is -0.649. The Morgan fingerprint density at radius 1 is 1.56 bits per heavy atom. The molecule has 2 rings (SSSR count). The van der Waals surface area contributed by atoms with E-state index in [4.69, 9.17) is 10.5 Å². The quantitative estimate of drug-likeness (QED) is 0.659. The highest BCUT2D eigenvalue weighted by Crippen LogP contribution is 2.54. The van der Waals surface area contributed by atoms with Crippen LogP contribution in [0.4, 0.5) is 10.1 Å². The first-order valence-corrected chi connectivity index (χ1v) is 5.70. The van der Waals surface area contributed by atoms with Crippen molar-refractivity contribution in [1.29, 1.82) is 0 Å². The van der Waals surface area contributed by atoms with Gasteiger partial charge < -0.3 is 10.5 Å². The van der Waals surface area contributed by atoms with Crippen molar-refractivity contribution in [3.63, 3.8) is 0 Å². The van der Waals surface area contributed by atoms with E-state index in [9.17, 15) is 14.5 Å². The van der Waals surface area contributed by atoms with Crippen LogP contribution in [0.1, 0.15) is 25.3 Å². The fraction of sp³-hybridized carbons (Fsp3) is 0.500. The number of hydrogen-bond acceptors (Lipinski definition) is 4. The lowest BCUT2D eigenvalue weighted by atomic mass is 9.88. The van der Waals surface area contributed by atoms with Gasteiger partial charge in [0.25, 0.3) is 5.69 Å². The average Bonchev–Trinajstić information content (AvgIpc) is 3.08. The Bertz CT molecular complexity index is 498. The zero-order chi connectivity index (χ0) is 13.5. The fourth-order valence-electron chi connectivity index (χ4n) is 2.37. The predicted octanol–water partition coefficient (Wildman–Crippen LogP) is 2.12. The molecule has 98 valence electrons. The van der Waals surface area contributed by atoms with E-state index in [1.165, 1.54) is 13.2 Å². The van der Waals surface area contributed by atoms with Crippen LogP contribution in [-0.2, 0) is 5.41 Å². The molecule has 1 aromatic rings. The van der Waals surface area contributed by atoms with Gasteiger partial charge in [0.15, 0.2) is 11.6 Å². The van der Waals surface area contributed by atoms with Gasteiger partial charge >= 0.3 is 0 Å². The Hall–Kier alpha value is -1.69. The van der Waals surface area contributed by atoms with Crippen LogP contribution in [0.25, 0.3) is 0 Å². The molecule has 1 aromatic carbocycles. The molecule has 5 nitrogen and oxygen atoms in total. The van der Waals surface area contributed by atoms with E-state index in [1.54, 1.807) is 0 Å². The zero-order valence-electron chi connectivity index (χ0n) is 10.3. The van der Waals surface area contributed by atoms with Gasteiger partial charge in [0.05, 0.1) is 18.1 Å². The minimum atomic E-state index is -0.714. The van der Waals surface area contributed by atoms with E-state index in [2.05, 4.69) is 0 Å². The number of benzene rings is 1. The first kappa shape index (κ1) is 12.8. The van der Waals surface area contributed by atoms with Crippen molar-refractivity contribution < 1.29 is 14.1 Å². The molecular weight excluding hydrogens is 239 g/mol. The van der Waals surface area contributed by atoms with Gasteiger partial charge in [-0.1, -0.05) is 0 Å². The number of methoxy groups -OCH3 is 1. The van der Waals surface area contributed by atoms with Gasteiger partial charge in [-0.2, -0.15) is 0 Å². The number of non-ortho nitro benzene ring substituents is 1. The Morgan fingerprint density at radius 3 is 2.56 bits per heavy atom. The number of rotatable bonds is 4. The van der Waals surface area contributed by atoms with Crippen LogP contribution in [0, 0.1) is 15.9 Å². The molecule has 1 aliphatic carbocycles. The molecular formula is C12H15FN2O3. The summed E-state index contributed by atoms with van der Waals surface area (Å²) in [7, 11) is 1.35. The normalized spacial score (nSPS) is 18.2. The summed E-state index contributed by atoms with van der Waals surface area (Å²) in [4.78, 5) is 10.2. The van der Waals surface area contributed by atoms with Crippen LogP contribution in [-0.4, -0.2) is 18.1 Å². The molecule has 0 saturated heterocycles. The number of nitro groups is 1. The van der Waals surface area contributed by atoms with Gasteiger partial charge in [-0.25, -0.2) is 4.39 Å². The summed E-state index contributed by atoms with van der Waals surface area (Å²) in [5.41, 5.74) is 5.76. The highest BCUT2D eigenvalue weighted by Gasteiger charge is 2.50. The lowest BCUT2D eigenvalue weighted by Crippen LogP contribution is -2.32. The fourth-order valence-corrected chi connectivity index (χ4v) is 2.37. The first-order valence-electron chi connectivity index (χ1n) is 5.70. The standard InChI is InChI=1S/C12H15FN2O3/c1-7(14)12(3-4-12)9-5-8(15(16)17)6-10(13)11(9)18-2/h5-7H,3-4,14H2,1-2H3. The number of hydrogen-bond donors (Lipinski definition) is 1. The van der Waals surface area contributed by atoms with Gasteiger partial charge in [0.2, 0.25) is 0 Å². The number of nitrogens with zero attached hydrogens (tertiary/aromatic N) is 1. The monoisotopic (exact) mass is 254 g/mol. The molecule has 18 heavy (non-hydrogen) atoms. The van der Waals surface area contributed by atoms with Crippen LogP contribution >= 0.6 is 0 Å². The van der Waals surface area contributed by atoms with Gasteiger partial charge in [-0.3, -0.25) is 10.1 Å². The van der Waals surface area contributed by atoms with E-state index < -0.39 is 16.2 Å². The van der Waals surface area contributed by atoms with Crippen LogP contribution < -0.4 is 10.5 Å². The maximum absolute atomic E-state index is 13.8. The average molecular weight is 254 g/mol. The Labute approximate surface area is 104 Å². The minimum Gasteiger partial charge on any atom is -0.493 e. The van der Waals surface area contributed by atoms with Crippen LogP contribution in [0.15, 0.2) is 12.1 Å². The van der Waals surface area contributed by atoms with E-state index >= 15 is 0 Å². The summed E-state index contributed by atoms with van der Waals surface area (Å²) < 4.78 is 18.9. The van der Waals surface area contributed by atoms with Crippen LogP contribution in [0.5, 0.6) is 5.75 Å². The molecule has 1 atom stereocenters. The first-order chi connectivity index (χ1) is 8.42. The number of halogens is 1. The van der Waals surface area contributed by atoms with Crippen molar-refractivity contribution in [2.75, 3.05) is 7.11 Å². The Morgan fingerprint density at radius 2 is 2.17 bits per heavy atom. The zero-order valence-corrected chi connectivity index (χ0v) is 10.3. The van der Waals surface area contributed by atoms with Gasteiger partial charge in [-0.15, -0.1) is 0 Å². The van der Waals surface area contributed by atoms with Gasteiger partial charge in [0.1, 0.15) is 0 Å². The second-order valence-corrected chi connectivity index (χ2v) is 4.71. The second kappa shape index (κ2) is 4.20. The lowest BCUT2D eigenvalue weighted by Gasteiger charge is -2.22. The highest BCUT2D eigenvalue weighted by molar-refractivity contribution is 5.52. The molecule has 0 aromatic heterocycles. The maximum Gasteiger partial charge on any atom is 0.272 e. The van der Waals surface area contributed by atoms with E-state index in [1.807, 2.05) is 6.92 Å². The number of ether oxygens (including phenoxy) is 1. The molecule has 0 heterocycles. The smallest absolute Gasteiger partial charge is 0.272 e. The Balaban J connectivity index is 2.61. The van der Waals surface area contributed by atoms with Crippen molar-refractivity contribution in [2.45, 2.75) is 31.2 Å². The summed E-state index contributed by atoms with van der Waals surface area (Å²) in [6.45, 7) is 1.82. The van der Waals surface area contributed by atoms with Gasteiger partial charge in [-0.05, 0) is 19.8 Å². The molecule has 0 aliphatic heterocycles. The van der Waals surface area contributed by atoms with Crippen molar-refractivity contribution in [1.82, 2.24) is 0 Å². The lowest BCUT2D eigenvalue weighted by molar-refractivity contribution is -0.385. The second-order valence-electron chi connectivity index (χ2n) is 4.71. The highest BCUT2D eigenvalue weighted by atomic mass is 19.1. The molecule has 1 unspecified atom stereocenters. The third-order valence-corrected chi connectivity index (χ3v) is 3.64. The largest absolute Gasteiger partial charge is 0.493 e. The van der Waals surface area contributed by atoms with E-state index in [0.29, 0.717) is 5.56 Å². The molecule has 6 heteroatoms. The SMILES string of the molecule is COc1c(F)cc([N+](=O)[O-])cc1C1(C(C)N)CC1. The molecule has 1 saturated carbocycles. The van der Waals surface area contributed by atoms with Crippen molar-refractivity contribution in [3.8, 4) is 5.75 Å². The molecule has 0 spiro atoms. The van der Waals surface area contributed by atoms with Crippen LogP contribution in [0.3, 0.4) is 0 Å². The topological polar surface area (TPSA) is 78.4 Å². The third kappa shape index (κ3) is 1.82.